The van der Waals surface area contributed by atoms with E-state index in [0.717, 1.165) is 13.0 Å². The second kappa shape index (κ2) is 3.94. The average Bonchev–Trinajstić information content (AvgIpc) is 2.37. The molecule has 1 fully saturated rings. The van der Waals surface area contributed by atoms with Crippen LogP contribution in [-0.2, 0) is 9.47 Å². The van der Waals surface area contributed by atoms with Crippen LogP contribution >= 0.6 is 0 Å². The molecule has 0 aromatic rings. The molecule has 60 valence electrons. The van der Waals surface area contributed by atoms with Crippen molar-refractivity contribution < 1.29 is 9.47 Å². The predicted octanol–water partition coefficient (Wildman–Crippen LogP) is 1.59. The summed E-state index contributed by atoms with van der Waals surface area (Å²) in [6, 6.07) is 0. The van der Waals surface area contributed by atoms with Crippen LogP contribution in [-0.4, -0.2) is 25.9 Å². The molecule has 1 aliphatic rings. The highest BCUT2D eigenvalue weighted by molar-refractivity contribution is 4.75. The normalized spacial score (nSPS) is 33.0. The lowest BCUT2D eigenvalue weighted by molar-refractivity contribution is 0.0453. The molecular formula is C8H16O2. The Morgan fingerprint density at radius 3 is 2.50 bits per heavy atom. The summed E-state index contributed by atoms with van der Waals surface area (Å²) < 4.78 is 10.7. The fraction of sp³-hybridized carbons (Fsp3) is 1.00. The highest BCUT2D eigenvalue weighted by atomic mass is 16.5. The minimum atomic E-state index is 0.455. The van der Waals surface area contributed by atoms with Crippen molar-refractivity contribution in [3.05, 3.63) is 0 Å². The van der Waals surface area contributed by atoms with Gasteiger partial charge < -0.3 is 9.47 Å². The third-order valence-corrected chi connectivity index (χ3v) is 2.07. The first-order chi connectivity index (χ1) is 4.86. The lowest BCUT2D eigenvalue weighted by Crippen LogP contribution is -2.10. The quantitative estimate of drug-likeness (QED) is 0.599. The molecule has 0 bridgehead atoms. The van der Waals surface area contributed by atoms with Gasteiger partial charge in [0.15, 0.2) is 0 Å². The molecule has 0 aliphatic heterocycles. The first-order valence-electron chi connectivity index (χ1n) is 4.01. The van der Waals surface area contributed by atoms with Crippen molar-refractivity contribution in [3.8, 4) is 0 Å². The fourth-order valence-corrected chi connectivity index (χ4v) is 1.50. The smallest absolute Gasteiger partial charge is 0.0600 e. The molecule has 1 rings (SSSR count). The summed E-state index contributed by atoms with van der Waals surface area (Å²) in [4.78, 5) is 0. The summed E-state index contributed by atoms with van der Waals surface area (Å²) in [5, 5.41) is 0. The van der Waals surface area contributed by atoms with E-state index in [1.54, 1.807) is 7.11 Å². The van der Waals surface area contributed by atoms with E-state index >= 15 is 0 Å². The van der Waals surface area contributed by atoms with Crippen LogP contribution in [0.3, 0.4) is 0 Å². The van der Waals surface area contributed by atoms with Crippen LogP contribution in [0, 0.1) is 0 Å². The molecule has 0 N–H and O–H groups in total. The molecule has 2 unspecified atom stereocenters. The lowest BCUT2D eigenvalue weighted by Gasteiger charge is -2.09. The Balaban J connectivity index is 2.15. The van der Waals surface area contributed by atoms with Crippen LogP contribution in [0.15, 0.2) is 0 Å². The zero-order chi connectivity index (χ0) is 7.40. The van der Waals surface area contributed by atoms with E-state index in [9.17, 15) is 0 Å². The molecule has 0 saturated heterocycles. The molecule has 0 aromatic carbocycles. The van der Waals surface area contributed by atoms with Crippen molar-refractivity contribution in [3.63, 3.8) is 0 Å². The number of methoxy groups -OCH3 is 1. The van der Waals surface area contributed by atoms with Crippen molar-refractivity contribution >= 4 is 0 Å². The highest BCUT2D eigenvalue weighted by Gasteiger charge is 2.24. The molecule has 2 heteroatoms. The molecule has 10 heavy (non-hydrogen) atoms. The van der Waals surface area contributed by atoms with Gasteiger partial charge in [0.2, 0.25) is 0 Å². The van der Waals surface area contributed by atoms with E-state index in [4.69, 9.17) is 9.47 Å². The second-order valence-electron chi connectivity index (χ2n) is 2.75. The van der Waals surface area contributed by atoms with Crippen molar-refractivity contribution in [2.75, 3.05) is 13.7 Å². The Hall–Kier alpha value is -0.0800. The number of hydrogen-bond donors (Lipinski definition) is 0. The van der Waals surface area contributed by atoms with Crippen LogP contribution in [0.2, 0.25) is 0 Å². The van der Waals surface area contributed by atoms with Crippen molar-refractivity contribution in [1.82, 2.24) is 0 Å². The van der Waals surface area contributed by atoms with Crippen LogP contribution in [0.1, 0.15) is 26.2 Å². The summed E-state index contributed by atoms with van der Waals surface area (Å²) in [7, 11) is 1.78. The van der Waals surface area contributed by atoms with Crippen LogP contribution < -0.4 is 0 Å². The highest BCUT2D eigenvalue weighted by Crippen LogP contribution is 2.23. The van der Waals surface area contributed by atoms with Crippen LogP contribution in [0.4, 0.5) is 0 Å². The zero-order valence-electron chi connectivity index (χ0n) is 6.80. The topological polar surface area (TPSA) is 18.5 Å². The summed E-state index contributed by atoms with van der Waals surface area (Å²) >= 11 is 0. The van der Waals surface area contributed by atoms with E-state index < -0.39 is 0 Å². The maximum absolute atomic E-state index is 5.45. The zero-order valence-corrected chi connectivity index (χ0v) is 6.80. The van der Waals surface area contributed by atoms with Crippen molar-refractivity contribution in [2.45, 2.75) is 38.4 Å². The average molecular weight is 144 g/mol. The summed E-state index contributed by atoms with van der Waals surface area (Å²) in [5.41, 5.74) is 0. The summed E-state index contributed by atoms with van der Waals surface area (Å²) in [6.45, 7) is 2.88. The fourth-order valence-electron chi connectivity index (χ4n) is 1.50. The van der Waals surface area contributed by atoms with E-state index in [1.165, 1.54) is 12.8 Å². The second-order valence-corrected chi connectivity index (χ2v) is 2.75. The van der Waals surface area contributed by atoms with Gasteiger partial charge in [0, 0.05) is 13.7 Å². The van der Waals surface area contributed by atoms with Gasteiger partial charge in [0.1, 0.15) is 0 Å². The predicted molar refractivity (Wildman–Crippen MR) is 40.1 cm³/mol. The Labute approximate surface area is 62.5 Å². The van der Waals surface area contributed by atoms with Gasteiger partial charge in [-0.2, -0.15) is 0 Å². The molecule has 1 aliphatic carbocycles. The van der Waals surface area contributed by atoms with Gasteiger partial charge in [0.05, 0.1) is 12.2 Å². The Kier molecular flexibility index (Phi) is 3.16. The van der Waals surface area contributed by atoms with Gasteiger partial charge in [-0.05, 0) is 26.2 Å². The molecule has 0 spiro atoms. The lowest BCUT2D eigenvalue weighted by atomic mass is 10.3. The first kappa shape index (κ1) is 8.02. The molecule has 0 aromatic heterocycles. The third kappa shape index (κ3) is 1.96. The molecular weight excluding hydrogens is 128 g/mol. The minimum absolute atomic E-state index is 0.455. The number of rotatable bonds is 3. The largest absolute Gasteiger partial charge is 0.381 e. The minimum Gasteiger partial charge on any atom is -0.381 e. The summed E-state index contributed by atoms with van der Waals surface area (Å²) in [6.07, 6.45) is 4.35. The monoisotopic (exact) mass is 144 g/mol. The molecule has 2 nitrogen and oxygen atoms in total. The Bertz CT molecular complexity index is 93.3. The number of hydrogen-bond acceptors (Lipinski definition) is 2. The van der Waals surface area contributed by atoms with Gasteiger partial charge in [-0.3, -0.25) is 0 Å². The third-order valence-electron chi connectivity index (χ3n) is 2.07. The van der Waals surface area contributed by atoms with Crippen LogP contribution in [0.5, 0.6) is 0 Å². The molecule has 0 amide bonds. The van der Waals surface area contributed by atoms with E-state index in [2.05, 4.69) is 0 Å². The van der Waals surface area contributed by atoms with Gasteiger partial charge >= 0.3 is 0 Å². The Morgan fingerprint density at radius 2 is 2.00 bits per heavy atom. The summed E-state index contributed by atoms with van der Waals surface area (Å²) in [5.74, 6) is 0. The first-order valence-corrected chi connectivity index (χ1v) is 4.01. The Morgan fingerprint density at radius 1 is 1.30 bits per heavy atom. The number of ether oxygens (including phenoxy) is 2. The standard InChI is InChI=1S/C8H16O2/c1-3-10-8-5-4-7(6-8)9-2/h7-8H,3-6H2,1-2H3. The molecule has 2 atom stereocenters. The molecule has 1 saturated carbocycles. The van der Waals surface area contributed by atoms with Gasteiger partial charge in [-0.1, -0.05) is 0 Å². The van der Waals surface area contributed by atoms with E-state index in [-0.39, 0.29) is 0 Å². The van der Waals surface area contributed by atoms with Crippen LogP contribution in [0.25, 0.3) is 0 Å². The maximum atomic E-state index is 5.45. The van der Waals surface area contributed by atoms with E-state index in [1.807, 2.05) is 6.92 Å². The maximum Gasteiger partial charge on any atom is 0.0600 e. The van der Waals surface area contributed by atoms with E-state index in [0.29, 0.717) is 12.2 Å². The SMILES string of the molecule is CCOC1CCC(OC)C1. The van der Waals surface area contributed by atoms with Crippen molar-refractivity contribution in [1.29, 1.82) is 0 Å². The molecule has 0 radical (unpaired) electrons. The van der Waals surface area contributed by atoms with Gasteiger partial charge in [0.25, 0.3) is 0 Å². The molecule has 0 heterocycles. The van der Waals surface area contributed by atoms with Crippen molar-refractivity contribution in [2.24, 2.45) is 0 Å². The van der Waals surface area contributed by atoms with Gasteiger partial charge in [-0.25, -0.2) is 0 Å². The van der Waals surface area contributed by atoms with Gasteiger partial charge in [-0.15, -0.1) is 0 Å².